The minimum atomic E-state index is -0.463. The fourth-order valence-electron chi connectivity index (χ4n) is 3.20. The first-order valence-electron chi connectivity index (χ1n) is 8.09. The van der Waals surface area contributed by atoms with Crippen LogP contribution in [0, 0.1) is 12.8 Å². The molecule has 5 heteroatoms. The number of hydrogen-bond acceptors (Lipinski definition) is 3. The van der Waals surface area contributed by atoms with Crippen molar-refractivity contribution in [2.75, 3.05) is 13.1 Å². The molecular weight excluding hydrogens is 290 g/mol. The molecule has 0 spiro atoms. The van der Waals surface area contributed by atoms with Crippen LogP contribution in [0.3, 0.4) is 0 Å². The number of amides is 1. The van der Waals surface area contributed by atoms with Crippen molar-refractivity contribution < 1.29 is 9.90 Å². The van der Waals surface area contributed by atoms with E-state index in [-0.39, 0.29) is 18.4 Å². The van der Waals surface area contributed by atoms with Gasteiger partial charge in [0.2, 0.25) is 5.91 Å². The van der Waals surface area contributed by atoms with Gasteiger partial charge in [-0.05, 0) is 36.8 Å². The Morgan fingerprint density at radius 1 is 1.39 bits per heavy atom. The molecule has 0 bridgehead atoms. The minimum absolute atomic E-state index is 0.0383. The number of carbonyl (C=O) groups is 1. The van der Waals surface area contributed by atoms with E-state index in [0.29, 0.717) is 13.1 Å². The van der Waals surface area contributed by atoms with Gasteiger partial charge in [0, 0.05) is 25.5 Å². The van der Waals surface area contributed by atoms with Gasteiger partial charge in [0.05, 0.1) is 12.4 Å². The first kappa shape index (κ1) is 15.7. The van der Waals surface area contributed by atoms with Crippen molar-refractivity contribution in [3.8, 4) is 0 Å². The van der Waals surface area contributed by atoms with Crippen LogP contribution < -0.4 is 0 Å². The van der Waals surface area contributed by atoms with Crippen LogP contribution in [0.15, 0.2) is 43.0 Å². The number of hydrogen-bond donors (Lipinski definition) is 1. The lowest BCUT2D eigenvalue weighted by molar-refractivity contribution is -0.136. The molecule has 5 nitrogen and oxygen atoms in total. The van der Waals surface area contributed by atoms with Gasteiger partial charge in [-0.25, -0.2) is 4.98 Å². The molecule has 1 fully saturated rings. The number of piperidine rings is 1. The average molecular weight is 313 g/mol. The molecule has 1 aromatic carbocycles. The third-order valence-electron chi connectivity index (χ3n) is 4.69. The summed E-state index contributed by atoms with van der Waals surface area (Å²) >= 11 is 0. The van der Waals surface area contributed by atoms with Gasteiger partial charge in [0.15, 0.2) is 0 Å². The molecule has 0 saturated carbocycles. The zero-order valence-corrected chi connectivity index (χ0v) is 13.4. The molecule has 1 amide bonds. The second-order valence-electron chi connectivity index (χ2n) is 6.32. The maximum Gasteiger partial charge on any atom is 0.242 e. The summed E-state index contributed by atoms with van der Waals surface area (Å²) in [7, 11) is 0. The van der Waals surface area contributed by atoms with Crippen LogP contribution in [0.4, 0.5) is 0 Å². The molecule has 0 aliphatic carbocycles. The summed E-state index contributed by atoms with van der Waals surface area (Å²) in [5, 5.41) is 10.5. The molecule has 2 atom stereocenters. The summed E-state index contributed by atoms with van der Waals surface area (Å²) in [5.74, 6) is 0.254. The second-order valence-corrected chi connectivity index (χ2v) is 6.32. The Balaban J connectivity index is 1.57. The standard InChI is InChI=1S/C18H23N3O2/c1-14-4-2-3-5-15(14)10-16-6-8-21(11-17(16)22)18(23)12-20-9-7-19-13-20/h2-5,7,9,13,16-17,22H,6,8,10-12H2,1H3/t16-,17+/m1/s1. The zero-order chi connectivity index (χ0) is 16.2. The van der Waals surface area contributed by atoms with Crippen molar-refractivity contribution in [2.45, 2.75) is 32.4 Å². The fourth-order valence-corrected chi connectivity index (χ4v) is 3.20. The predicted molar refractivity (Wildman–Crippen MR) is 87.8 cm³/mol. The van der Waals surface area contributed by atoms with Crippen molar-refractivity contribution >= 4 is 5.91 Å². The van der Waals surface area contributed by atoms with Crippen molar-refractivity contribution in [3.63, 3.8) is 0 Å². The summed E-state index contributed by atoms with van der Waals surface area (Å²) in [6, 6.07) is 8.30. The number of aliphatic hydroxyl groups is 1. The highest BCUT2D eigenvalue weighted by atomic mass is 16.3. The predicted octanol–water partition coefficient (Wildman–Crippen LogP) is 1.64. The van der Waals surface area contributed by atoms with E-state index in [1.165, 1.54) is 11.1 Å². The minimum Gasteiger partial charge on any atom is -0.391 e. The van der Waals surface area contributed by atoms with Crippen LogP contribution in [0.1, 0.15) is 17.5 Å². The van der Waals surface area contributed by atoms with Crippen LogP contribution in [0.2, 0.25) is 0 Å². The normalized spacial score (nSPS) is 21.4. The number of β-amino-alcohol motifs (C(OH)–C–C–N with tert-alkyl or cyclic N) is 1. The molecular formula is C18H23N3O2. The number of nitrogens with zero attached hydrogens (tertiary/aromatic N) is 3. The number of aromatic nitrogens is 2. The summed E-state index contributed by atoms with van der Waals surface area (Å²) in [6.07, 6.45) is 6.33. The van der Waals surface area contributed by atoms with Crippen molar-refractivity contribution in [3.05, 3.63) is 54.1 Å². The van der Waals surface area contributed by atoms with Gasteiger partial charge in [-0.15, -0.1) is 0 Å². The van der Waals surface area contributed by atoms with E-state index in [4.69, 9.17) is 0 Å². The summed E-state index contributed by atoms with van der Waals surface area (Å²) in [6.45, 7) is 3.52. The van der Waals surface area contributed by atoms with Gasteiger partial charge in [-0.3, -0.25) is 4.79 Å². The first-order valence-corrected chi connectivity index (χ1v) is 8.09. The Hall–Kier alpha value is -2.14. The number of benzene rings is 1. The van der Waals surface area contributed by atoms with Crippen LogP contribution in [0.25, 0.3) is 0 Å². The molecule has 2 heterocycles. The number of aryl methyl sites for hydroxylation is 1. The monoisotopic (exact) mass is 313 g/mol. The van der Waals surface area contributed by atoms with Gasteiger partial charge in [-0.2, -0.15) is 0 Å². The molecule has 1 aliphatic heterocycles. The summed E-state index contributed by atoms with van der Waals surface area (Å²) < 4.78 is 1.76. The van der Waals surface area contributed by atoms with Crippen LogP contribution >= 0.6 is 0 Å². The molecule has 0 unspecified atom stereocenters. The topological polar surface area (TPSA) is 58.4 Å². The number of aliphatic hydroxyl groups excluding tert-OH is 1. The van der Waals surface area contributed by atoms with Crippen molar-refractivity contribution in [2.24, 2.45) is 5.92 Å². The number of rotatable bonds is 4. The summed E-state index contributed by atoms with van der Waals surface area (Å²) in [4.78, 5) is 18.0. The van der Waals surface area contributed by atoms with Crippen LogP contribution in [-0.2, 0) is 17.8 Å². The van der Waals surface area contributed by atoms with Crippen molar-refractivity contribution in [1.29, 1.82) is 0 Å². The number of carbonyl (C=O) groups excluding carboxylic acids is 1. The van der Waals surface area contributed by atoms with E-state index in [1.807, 2.05) is 12.1 Å². The zero-order valence-electron chi connectivity index (χ0n) is 13.4. The van der Waals surface area contributed by atoms with E-state index in [1.54, 1.807) is 28.2 Å². The van der Waals surface area contributed by atoms with Crippen LogP contribution in [-0.4, -0.2) is 44.7 Å². The molecule has 1 saturated heterocycles. The lowest BCUT2D eigenvalue weighted by atomic mass is 9.86. The molecule has 1 N–H and O–H groups in total. The van der Waals surface area contributed by atoms with Gasteiger partial charge >= 0.3 is 0 Å². The maximum absolute atomic E-state index is 12.3. The highest BCUT2D eigenvalue weighted by Gasteiger charge is 2.30. The Morgan fingerprint density at radius 2 is 2.22 bits per heavy atom. The van der Waals surface area contributed by atoms with E-state index in [2.05, 4.69) is 24.0 Å². The molecule has 23 heavy (non-hydrogen) atoms. The van der Waals surface area contributed by atoms with Gasteiger partial charge in [-0.1, -0.05) is 24.3 Å². The Kier molecular flexibility index (Phi) is 4.76. The van der Waals surface area contributed by atoms with E-state index >= 15 is 0 Å². The largest absolute Gasteiger partial charge is 0.391 e. The van der Waals surface area contributed by atoms with Crippen LogP contribution in [0.5, 0.6) is 0 Å². The highest BCUT2D eigenvalue weighted by Crippen LogP contribution is 2.24. The SMILES string of the molecule is Cc1ccccc1C[C@H]1CCN(C(=O)Cn2ccnc2)C[C@@H]1O. The molecule has 2 aromatic rings. The Bertz CT molecular complexity index is 654. The molecule has 3 rings (SSSR count). The molecule has 1 aliphatic rings. The molecule has 122 valence electrons. The summed E-state index contributed by atoms with van der Waals surface area (Å²) in [5.41, 5.74) is 2.55. The third kappa shape index (κ3) is 3.79. The van der Waals surface area contributed by atoms with Gasteiger partial charge in [0.25, 0.3) is 0 Å². The van der Waals surface area contributed by atoms with E-state index < -0.39 is 6.10 Å². The molecule has 0 radical (unpaired) electrons. The lowest BCUT2D eigenvalue weighted by Gasteiger charge is -2.36. The Labute approximate surface area is 136 Å². The third-order valence-corrected chi connectivity index (χ3v) is 4.69. The van der Waals surface area contributed by atoms with E-state index in [0.717, 1.165) is 12.8 Å². The van der Waals surface area contributed by atoms with Crippen molar-refractivity contribution in [1.82, 2.24) is 14.5 Å². The molecule has 1 aromatic heterocycles. The smallest absolute Gasteiger partial charge is 0.242 e. The van der Waals surface area contributed by atoms with E-state index in [9.17, 15) is 9.90 Å². The maximum atomic E-state index is 12.3. The van der Waals surface area contributed by atoms with Gasteiger partial charge in [0.1, 0.15) is 6.54 Å². The lowest BCUT2D eigenvalue weighted by Crippen LogP contribution is -2.48. The first-order chi connectivity index (χ1) is 11.1. The quantitative estimate of drug-likeness (QED) is 0.933. The fraction of sp³-hybridized carbons (Fsp3) is 0.444. The Morgan fingerprint density at radius 3 is 2.91 bits per heavy atom. The second kappa shape index (κ2) is 6.96. The number of likely N-dealkylation sites (tertiary alicyclic amines) is 1. The number of imidazole rings is 1. The van der Waals surface area contributed by atoms with Gasteiger partial charge < -0.3 is 14.6 Å². The average Bonchev–Trinajstić information content (AvgIpc) is 3.04. The highest BCUT2D eigenvalue weighted by molar-refractivity contribution is 5.76.